The van der Waals surface area contributed by atoms with E-state index in [1.807, 2.05) is 6.07 Å². The molecule has 0 bridgehead atoms. The molecule has 0 aliphatic heterocycles. The molecule has 0 unspecified atom stereocenters. The van der Waals surface area contributed by atoms with Crippen LogP contribution < -0.4 is 5.73 Å². The van der Waals surface area contributed by atoms with Crippen molar-refractivity contribution in [2.75, 3.05) is 0 Å². The van der Waals surface area contributed by atoms with Crippen molar-refractivity contribution in [3.63, 3.8) is 0 Å². The SMILES string of the molecule is Cc1ccc([C@@H](N)Cc2ccccc2)cc1. The van der Waals surface area contributed by atoms with E-state index in [0.717, 1.165) is 6.42 Å². The molecule has 0 amide bonds. The van der Waals surface area contributed by atoms with Gasteiger partial charge in [0.1, 0.15) is 0 Å². The Kier molecular flexibility index (Phi) is 3.37. The molecule has 2 N–H and O–H groups in total. The van der Waals surface area contributed by atoms with Gasteiger partial charge >= 0.3 is 0 Å². The molecule has 0 saturated carbocycles. The van der Waals surface area contributed by atoms with Gasteiger partial charge in [0.05, 0.1) is 0 Å². The molecule has 82 valence electrons. The summed E-state index contributed by atoms with van der Waals surface area (Å²) in [5.74, 6) is 0. The summed E-state index contributed by atoms with van der Waals surface area (Å²) >= 11 is 0. The van der Waals surface area contributed by atoms with E-state index in [4.69, 9.17) is 5.73 Å². The van der Waals surface area contributed by atoms with E-state index in [1.54, 1.807) is 0 Å². The van der Waals surface area contributed by atoms with Gasteiger partial charge in [0.15, 0.2) is 0 Å². The molecule has 1 nitrogen and oxygen atoms in total. The predicted molar refractivity (Wildman–Crippen MR) is 68.3 cm³/mol. The van der Waals surface area contributed by atoms with Gasteiger partial charge in [-0.2, -0.15) is 0 Å². The van der Waals surface area contributed by atoms with Gasteiger partial charge in [-0.05, 0) is 24.5 Å². The Bertz CT molecular complexity index is 431. The summed E-state index contributed by atoms with van der Waals surface area (Å²) in [5, 5.41) is 0. The minimum atomic E-state index is 0.0861. The lowest BCUT2D eigenvalue weighted by Gasteiger charge is -2.12. The molecule has 0 heterocycles. The van der Waals surface area contributed by atoms with Crippen LogP contribution in [0.25, 0.3) is 0 Å². The average Bonchev–Trinajstić information content (AvgIpc) is 2.31. The second kappa shape index (κ2) is 4.95. The van der Waals surface area contributed by atoms with Gasteiger partial charge in [-0.15, -0.1) is 0 Å². The number of hydrogen-bond donors (Lipinski definition) is 1. The zero-order chi connectivity index (χ0) is 11.4. The van der Waals surface area contributed by atoms with E-state index < -0.39 is 0 Å². The zero-order valence-corrected chi connectivity index (χ0v) is 9.56. The quantitative estimate of drug-likeness (QED) is 0.828. The molecular weight excluding hydrogens is 194 g/mol. The normalized spacial score (nSPS) is 12.4. The van der Waals surface area contributed by atoms with Crippen molar-refractivity contribution in [2.24, 2.45) is 5.73 Å². The van der Waals surface area contributed by atoms with Crippen LogP contribution in [0.5, 0.6) is 0 Å². The Morgan fingerprint density at radius 1 is 0.938 bits per heavy atom. The van der Waals surface area contributed by atoms with Gasteiger partial charge < -0.3 is 5.73 Å². The summed E-state index contributed by atoms with van der Waals surface area (Å²) in [7, 11) is 0. The first-order chi connectivity index (χ1) is 7.75. The molecule has 2 aromatic rings. The van der Waals surface area contributed by atoms with Gasteiger partial charge in [0.2, 0.25) is 0 Å². The molecule has 0 fully saturated rings. The molecule has 0 spiro atoms. The van der Waals surface area contributed by atoms with Gasteiger partial charge in [0, 0.05) is 6.04 Å². The molecule has 2 aromatic carbocycles. The molecule has 1 heteroatoms. The summed E-state index contributed by atoms with van der Waals surface area (Å²) in [4.78, 5) is 0. The summed E-state index contributed by atoms with van der Waals surface area (Å²) in [6.07, 6.45) is 0.893. The van der Waals surface area contributed by atoms with Crippen LogP contribution in [0, 0.1) is 6.92 Å². The van der Waals surface area contributed by atoms with Crippen LogP contribution in [0.15, 0.2) is 54.6 Å². The number of hydrogen-bond acceptors (Lipinski definition) is 1. The van der Waals surface area contributed by atoms with Crippen LogP contribution in [0.4, 0.5) is 0 Å². The van der Waals surface area contributed by atoms with Crippen LogP contribution >= 0.6 is 0 Å². The van der Waals surface area contributed by atoms with E-state index in [0.29, 0.717) is 0 Å². The van der Waals surface area contributed by atoms with Crippen LogP contribution in [0.2, 0.25) is 0 Å². The van der Waals surface area contributed by atoms with Crippen molar-refractivity contribution in [1.29, 1.82) is 0 Å². The van der Waals surface area contributed by atoms with E-state index in [2.05, 4.69) is 55.5 Å². The smallest absolute Gasteiger partial charge is 0.0335 e. The maximum absolute atomic E-state index is 6.18. The molecule has 0 aliphatic rings. The molecule has 0 aromatic heterocycles. The minimum absolute atomic E-state index is 0.0861. The van der Waals surface area contributed by atoms with Crippen molar-refractivity contribution >= 4 is 0 Å². The van der Waals surface area contributed by atoms with Crippen molar-refractivity contribution in [3.8, 4) is 0 Å². The Hall–Kier alpha value is -1.60. The average molecular weight is 211 g/mol. The second-order valence-electron chi connectivity index (χ2n) is 4.21. The van der Waals surface area contributed by atoms with E-state index in [-0.39, 0.29) is 6.04 Å². The summed E-state index contributed by atoms with van der Waals surface area (Å²) in [6.45, 7) is 2.09. The van der Waals surface area contributed by atoms with E-state index in [9.17, 15) is 0 Å². The molecule has 1 atom stereocenters. The topological polar surface area (TPSA) is 26.0 Å². The number of aryl methyl sites for hydroxylation is 1. The Morgan fingerprint density at radius 2 is 1.56 bits per heavy atom. The van der Waals surface area contributed by atoms with Gasteiger partial charge in [-0.1, -0.05) is 60.2 Å². The van der Waals surface area contributed by atoms with Crippen molar-refractivity contribution in [3.05, 3.63) is 71.3 Å². The highest BCUT2D eigenvalue weighted by molar-refractivity contribution is 5.26. The highest BCUT2D eigenvalue weighted by Crippen LogP contribution is 2.16. The maximum atomic E-state index is 6.18. The number of nitrogens with two attached hydrogens (primary N) is 1. The summed E-state index contributed by atoms with van der Waals surface area (Å²) < 4.78 is 0. The number of benzene rings is 2. The highest BCUT2D eigenvalue weighted by atomic mass is 14.6. The fourth-order valence-electron chi connectivity index (χ4n) is 1.80. The number of rotatable bonds is 3. The maximum Gasteiger partial charge on any atom is 0.0335 e. The lowest BCUT2D eigenvalue weighted by Crippen LogP contribution is -2.13. The third-order valence-electron chi connectivity index (χ3n) is 2.80. The molecule has 16 heavy (non-hydrogen) atoms. The Labute approximate surface area is 96.9 Å². The lowest BCUT2D eigenvalue weighted by atomic mass is 9.99. The summed E-state index contributed by atoms with van der Waals surface area (Å²) in [5.41, 5.74) is 9.94. The van der Waals surface area contributed by atoms with Crippen molar-refractivity contribution in [1.82, 2.24) is 0 Å². The Morgan fingerprint density at radius 3 is 2.19 bits per heavy atom. The van der Waals surface area contributed by atoms with Crippen LogP contribution in [0.3, 0.4) is 0 Å². The first-order valence-corrected chi connectivity index (χ1v) is 5.62. The summed E-state index contributed by atoms with van der Waals surface area (Å²) in [6, 6.07) is 18.9. The standard InChI is InChI=1S/C15H17N/c1-12-7-9-14(10-8-12)15(16)11-13-5-3-2-4-6-13/h2-10,15H,11,16H2,1H3/t15-/m0/s1. The second-order valence-corrected chi connectivity index (χ2v) is 4.21. The van der Waals surface area contributed by atoms with Gasteiger partial charge in [-0.25, -0.2) is 0 Å². The van der Waals surface area contributed by atoms with Crippen molar-refractivity contribution < 1.29 is 0 Å². The van der Waals surface area contributed by atoms with Crippen LogP contribution in [-0.2, 0) is 6.42 Å². The van der Waals surface area contributed by atoms with Crippen molar-refractivity contribution in [2.45, 2.75) is 19.4 Å². The van der Waals surface area contributed by atoms with E-state index in [1.165, 1.54) is 16.7 Å². The molecular formula is C15H17N. The minimum Gasteiger partial charge on any atom is -0.324 e. The van der Waals surface area contributed by atoms with Gasteiger partial charge in [0.25, 0.3) is 0 Å². The molecule has 0 radical (unpaired) electrons. The van der Waals surface area contributed by atoms with Gasteiger partial charge in [-0.3, -0.25) is 0 Å². The largest absolute Gasteiger partial charge is 0.324 e. The third-order valence-corrected chi connectivity index (χ3v) is 2.80. The molecule has 2 rings (SSSR count). The molecule has 0 aliphatic carbocycles. The third kappa shape index (κ3) is 2.71. The lowest BCUT2D eigenvalue weighted by molar-refractivity contribution is 0.722. The van der Waals surface area contributed by atoms with Crippen LogP contribution in [-0.4, -0.2) is 0 Å². The van der Waals surface area contributed by atoms with Crippen LogP contribution in [0.1, 0.15) is 22.7 Å². The highest BCUT2D eigenvalue weighted by Gasteiger charge is 2.06. The monoisotopic (exact) mass is 211 g/mol. The Balaban J connectivity index is 2.09. The molecule has 0 saturated heterocycles. The predicted octanol–water partition coefficient (Wildman–Crippen LogP) is 3.24. The zero-order valence-electron chi connectivity index (χ0n) is 9.56. The van der Waals surface area contributed by atoms with E-state index >= 15 is 0 Å². The first kappa shape index (κ1) is 10.9. The fraction of sp³-hybridized carbons (Fsp3) is 0.200. The fourth-order valence-corrected chi connectivity index (χ4v) is 1.80. The first-order valence-electron chi connectivity index (χ1n) is 5.62.